The molecule has 0 aliphatic carbocycles. The lowest BCUT2D eigenvalue weighted by atomic mass is 10.1. The van der Waals surface area contributed by atoms with Gasteiger partial charge in [0.25, 0.3) is 11.5 Å². The predicted octanol–water partition coefficient (Wildman–Crippen LogP) is 2.51. The van der Waals surface area contributed by atoms with E-state index < -0.39 is 0 Å². The van der Waals surface area contributed by atoms with Crippen LogP contribution in [0.2, 0.25) is 0 Å². The molecule has 25 heavy (non-hydrogen) atoms. The van der Waals surface area contributed by atoms with E-state index >= 15 is 0 Å². The van der Waals surface area contributed by atoms with E-state index in [9.17, 15) is 9.59 Å². The molecule has 2 aromatic heterocycles. The molecule has 7 heteroatoms. The second-order valence-corrected chi connectivity index (χ2v) is 7.08. The van der Waals surface area contributed by atoms with Crippen LogP contribution in [0.1, 0.15) is 27.2 Å². The van der Waals surface area contributed by atoms with Crippen LogP contribution in [0.25, 0.3) is 10.1 Å². The Bertz CT molecular complexity index is 961. The molecule has 1 aliphatic rings. The summed E-state index contributed by atoms with van der Waals surface area (Å²) in [6.07, 6.45) is 0. The van der Waals surface area contributed by atoms with Crippen LogP contribution in [0, 0.1) is 6.92 Å². The summed E-state index contributed by atoms with van der Waals surface area (Å²) in [6, 6.07) is 10.9. The average Bonchev–Trinajstić information content (AvgIpc) is 3.04. The number of benzene rings is 1. The first-order chi connectivity index (χ1) is 12.1. The highest BCUT2D eigenvalue weighted by atomic mass is 32.1. The van der Waals surface area contributed by atoms with E-state index in [0.717, 1.165) is 10.1 Å². The van der Waals surface area contributed by atoms with Crippen molar-refractivity contribution >= 4 is 27.3 Å². The largest absolute Gasteiger partial charge is 0.377 e. The van der Waals surface area contributed by atoms with Crippen molar-refractivity contribution in [2.45, 2.75) is 13.0 Å². The van der Waals surface area contributed by atoms with Crippen molar-refractivity contribution in [3.63, 3.8) is 0 Å². The topological polar surface area (TPSA) is 75.3 Å². The van der Waals surface area contributed by atoms with Crippen LogP contribution in [0.5, 0.6) is 0 Å². The predicted molar refractivity (Wildman–Crippen MR) is 96.0 cm³/mol. The van der Waals surface area contributed by atoms with Gasteiger partial charge in [0.1, 0.15) is 5.82 Å². The Morgan fingerprint density at radius 1 is 1.36 bits per heavy atom. The Morgan fingerprint density at radius 2 is 2.20 bits per heavy atom. The highest BCUT2D eigenvalue weighted by Crippen LogP contribution is 2.30. The van der Waals surface area contributed by atoms with Gasteiger partial charge in [0, 0.05) is 17.3 Å². The fourth-order valence-electron chi connectivity index (χ4n) is 3.09. The van der Waals surface area contributed by atoms with Crippen molar-refractivity contribution in [3.05, 3.63) is 63.1 Å². The van der Waals surface area contributed by atoms with Crippen molar-refractivity contribution < 1.29 is 9.53 Å². The fraction of sp³-hybridized carbons (Fsp3) is 0.278. The van der Waals surface area contributed by atoms with Gasteiger partial charge in [-0.3, -0.25) is 9.59 Å². The van der Waals surface area contributed by atoms with Gasteiger partial charge < -0.3 is 14.6 Å². The molecule has 4 rings (SSSR count). The minimum atomic E-state index is -0.354. The van der Waals surface area contributed by atoms with Crippen LogP contribution in [-0.2, 0) is 4.74 Å². The lowest BCUT2D eigenvalue weighted by Crippen LogP contribution is -2.43. The van der Waals surface area contributed by atoms with Crippen molar-refractivity contribution in [3.8, 4) is 0 Å². The minimum Gasteiger partial charge on any atom is -0.377 e. The first-order valence-corrected chi connectivity index (χ1v) is 8.88. The number of nitrogens with one attached hydrogen (secondary N) is 1. The number of aryl methyl sites for hydroxylation is 1. The molecule has 6 nitrogen and oxygen atoms in total. The van der Waals surface area contributed by atoms with E-state index in [4.69, 9.17) is 4.74 Å². The number of aromatic nitrogens is 2. The van der Waals surface area contributed by atoms with Gasteiger partial charge in [0.15, 0.2) is 0 Å². The quantitative estimate of drug-likeness (QED) is 0.766. The molecule has 0 bridgehead atoms. The van der Waals surface area contributed by atoms with Gasteiger partial charge in [-0.1, -0.05) is 18.2 Å². The van der Waals surface area contributed by atoms with E-state index in [1.54, 1.807) is 11.8 Å². The Labute approximate surface area is 148 Å². The monoisotopic (exact) mass is 355 g/mol. The number of morpholine rings is 1. The van der Waals surface area contributed by atoms with Gasteiger partial charge in [0.2, 0.25) is 0 Å². The van der Waals surface area contributed by atoms with Gasteiger partial charge in [-0.25, -0.2) is 4.98 Å². The van der Waals surface area contributed by atoms with Crippen LogP contribution in [0.4, 0.5) is 0 Å². The molecule has 1 atom stereocenters. The lowest BCUT2D eigenvalue weighted by molar-refractivity contribution is -0.00374. The summed E-state index contributed by atoms with van der Waals surface area (Å²) in [6.45, 7) is 3.03. The number of hydrogen-bond donors (Lipinski definition) is 1. The van der Waals surface area contributed by atoms with Gasteiger partial charge >= 0.3 is 0 Å². The van der Waals surface area contributed by atoms with Gasteiger partial charge in [-0.2, -0.15) is 0 Å². The normalized spacial score (nSPS) is 17.8. The number of fused-ring (bicyclic) bond motifs is 1. The zero-order chi connectivity index (χ0) is 17.4. The van der Waals surface area contributed by atoms with E-state index in [2.05, 4.69) is 9.97 Å². The number of thiophene rings is 1. The SMILES string of the molecule is Cc1nc([C@@H]2COCCN2C(=O)c2cc3ccccc3s2)cc(=O)[nH]1. The number of rotatable bonds is 2. The van der Waals surface area contributed by atoms with Crippen LogP contribution < -0.4 is 5.56 Å². The number of hydrogen-bond acceptors (Lipinski definition) is 5. The maximum atomic E-state index is 13.1. The number of carbonyl (C=O) groups is 1. The zero-order valence-corrected chi connectivity index (χ0v) is 14.5. The number of nitrogens with zero attached hydrogens (tertiary/aromatic N) is 2. The van der Waals surface area contributed by atoms with E-state index in [0.29, 0.717) is 36.2 Å². The number of amides is 1. The Balaban J connectivity index is 1.70. The fourth-order valence-corrected chi connectivity index (χ4v) is 4.11. The third-order valence-corrected chi connectivity index (χ3v) is 5.35. The lowest BCUT2D eigenvalue weighted by Gasteiger charge is -2.34. The summed E-state index contributed by atoms with van der Waals surface area (Å²) in [5, 5.41) is 1.06. The number of aromatic amines is 1. The summed E-state index contributed by atoms with van der Waals surface area (Å²) in [7, 11) is 0. The standard InChI is InChI=1S/C18H17N3O3S/c1-11-19-13(9-17(22)20-11)14-10-24-7-6-21(14)18(23)16-8-12-4-2-3-5-15(12)25-16/h2-5,8-9,14H,6-7,10H2,1H3,(H,19,20,22)/t14-/m0/s1. The molecular formula is C18H17N3O3S. The van der Waals surface area contributed by atoms with Gasteiger partial charge in [0.05, 0.1) is 29.8 Å². The Hall–Kier alpha value is -2.51. The summed E-state index contributed by atoms with van der Waals surface area (Å²) >= 11 is 1.48. The summed E-state index contributed by atoms with van der Waals surface area (Å²) in [5.41, 5.74) is 0.345. The van der Waals surface area contributed by atoms with Crippen LogP contribution in [0.3, 0.4) is 0 Å². The third-order valence-electron chi connectivity index (χ3n) is 4.25. The van der Waals surface area contributed by atoms with Crippen molar-refractivity contribution in [2.24, 2.45) is 0 Å². The summed E-state index contributed by atoms with van der Waals surface area (Å²) < 4.78 is 6.63. The second-order valence-electron chi connectivity index (χ2n) is 5.99. The van der Waals surface area contributed by atoms with E-state index in [-0.39, 0.29) is 17.5 Å². The number of ether oxygens (including phenoxy) is 1. The smallest absolute Gasteiger partial charge is 0.264 e. The number of H-pyrrole nitrogens is 1. The molecule has 0 unspecified atom stereocenters. The van der Waals surface area contributed by atoms with Crippen molar-refractivity contribution in [1.29, 1.82) is 0 Å². The van der Waals surface area contributed by atoms with Crippen LogP contribution in [0.15, 0.2) is 41.2 Å². The molecule has 0 saturated carbocycles. The molecule has 128 valence electrons. The molecule has 3 aromatic rings. The van der Waals surface area contributed by atoms with E-state index in [1.807, 2.05) is 30.3 Å². The number of carbonyl (C=O) groups excluding carboxylic acids is 1. The zero-order valence-electron chi connectivity index (χ0n) is 13.7. The minimum absolute atomic E-state index is 0.0470. The third kappa shape index (κ3) is 3.08. The molecule has 0 spiro atoms. The van der Waals surface area contributed by atoms with Crippen molar-refractivity contribution in [1.82, 2.24) is 14.9 Å². The molecular weight excluding hydrogens is 338 g/mol. The Kier molecular flexibility index (Phi) is 4.10. The summed E-state index contributed by atoms with van der Waals surface area (Å²) in [4.78, 5) is 34.4. The maximum Gasteiger partial charge on any atom is 0.264 e. The molecule has 1 saturated heterocycles. The van der Waals surface area contributed by atoms with Crippen LogP contribution >= 0.6 is 11.3 Å². The highest BCUT2D eigenvalue weighted by molar-refractivity contribution is 7.20. The summed E-state index contributed by atoms with van der Waals surface area (Å²) in [5.74, 6) is 0.483. The van der Waals surface area contributed by atoms with Gasteiger partial charge in [-0.05, 0) is 24.4 Å². The van der Waals surface area contributed by atoms with E-state index in [1.165, 1.54) is 17.4 Å². The molecule has 1 aromatic carbocycles. The molecule has 1 aliphatic heterocycles. The van der Waals surface area contributed by atoms with Crippen molar-refractivity contribution in [2.75, 3.05) is 19.8 Å². The van der Waals surface area contributed by atoms with Gasteiger partial charge in [-0.15, -0.1) is 11.3 Å². The molecule has 1 amide bonds. The Morgan fingerprint density at radius 3 is 3.00 bits per heavy atom. The second kappa shape index (κ2) is 6.42. The average molecular weight is 355 g/mol. The molecule has 1 fully saturated rings. The highest BCUT2D eigenvalue weighted by Gasteiger charge is 2.31. The first-order valence-electron chi connectivity index (χ1n) is 8.07. The first kappa shape index (κ1) is 16.0. The van der Waals surface area contributed by atoms with Crippen LogP contribution in [-0.4, -0.2) is 40.5 Å². The molecule has 0 radical (unpaired) electrons. The maximum absolute atomic E-state index is 13.1. The molecule has 3 heterocycles. The molecule has 1 N–H and O–H groups in total.